The van der Waals surface area contributed by atoms with Gasteiger partial charge in [-0.1, -0.05) is 45.8 Å². The summed E-state index contributed by atoms with van der Waals surface area (Å²) in [4.78, 5) is 0. The van der Waals surface area contributed by atoms with E-state index in [1.807, 2.05) is 0 Å². The molecule has 0 bridgehead atoms. The third-order valence-corrected chi connectivity index (χ3v) is 5.78. The van der Waals surface area contributed by atoms with Crippen molar-refractivity contribution in [3.63, 3.8) is 0 Å². The minimum absolute atomic E-state index is 0. The molecular weight excluding hydrogens is 276 g/mol. The molecule has 0 fully saturated rings. The van der Waals surface area contributed by atoms with E-state index in [2.05, 4.69) is 48.5 Å². The maximum atomic E-state index is 2.44. The van der Waals surface area contributed by atoms with Crippen molar-refractivity contribution in [3.05, 3.63) is 44.6 Å². The second kappa shape index (κ2) is 8.59. The van der Waals surface area contributed by atoms with Gasteiger partial charge in [0.25, 0.3) is 0 Å². The van der Waals surface area contributed by atoms with E-state index in [0.29, 0.717) is 5.92 Å². The third kappa shape index (κ3) is 3.33. The molecule has 5 atom stereocenters. The van der Waals surface area contributed by atoms with Crippen LogP contribution >= 0.6 is 0 Å². The molecule has 0 saturated carbocycles. The van der Waals surface area contributed by atoms with Crippen LogP contribution in [-0.2, 0) is 21.7 Å². The standard InChI is InChI=1S/C16H26.3CH3.Ti/c1-8-9(2)12(5)16-14(7)10(3)13(6)15(16)11(8)4;;;;/h8-9,11-13H,1-7H3;3*1H3;/q;3*-1;+3. The Kier molecular flexibility index (Phi) is 10.8. The van der Waals surface area contributed by atoms with E-state index in [1.165, 1.54) is 0 Å². The molecule has 0 heterocycles. The molecule has 115 valence electrons. The van der Waals surface area contributed by atoms with Crippen molar-refractivity contribution in [1.29, 1.82) is 0 Å². The number of rotatable bonds is 0. The number of hydrogen-bond acceptors (Lipinski definition) is 0. The Morgan fingerprint density at radius 1 is 0.700 bits per heavy atom. The molecule has 0 aromatic heterocycles. The summed E-state index contributed by atoms with van der Waals surface area (Å²) >= 11 is 0. The Morgan fingerprint density at radius 2 is 1.10 bits per heavy atom. The van der Waals surface area contributed by atoms with Gasteiger partial charge in [-0.2, -0.15) is 0 Å². The molecule has 0 amide bonds. The second-order valence-corrected chi connectivity index (χ2v) is 6.19. The summed E-state index contributed by atoms with van der Waals surface area (Å²) in [6.07, 6.45) is 0. The SMILES string of the molecule is CC1=C(C)C(C)C2=C1C(C)C(C)C(C)C2C.[CH3-].[CH3-].[CH3-].[Ti+3]. The molecule has 0 spiro atoms. The zero-order valence-electron chi connectivity index (χ0n) is 15.4. The fourth-order valence-corrected chi connectivity index (χ4v) is 3.92. The van der Waals surface area contributed by atoms with Crippen molar-refractivity contribution in [2.24, 2.45) is 29.6 Å². The van der Waals surface area contributed by atoms with Crippen LogP contribution in [-0.4, -0.2) is 0 Å². The summed E-state index contributed by atoms with van der Waals surface area (Å²) in [5.74, 6) is 3.86. The normalized spacial score (nSPS) is 35.2. The quantitative estimate of drug-likeness (QED) is 0.370. The predicted molar refractivity (Wildman–Crippen MR) is 90.5 cm³/mol. The van der Waals surface area contributed by atoms with Crippen molar-refractivity contribution in [2.75, 3.05) is 0 Å². The monoisotopic (exact) mass is 311 g/mol. The first-order valence-electron chi connectivity index (χ1n) is 6.79. The van der Waals surface area contributed by atoms with Gasteiger partial charge in [-0.25, -0.2) is 0 Å². The van der Waals surface area contributed by atoms with Crippen molar-refractivity contribution in [2.45, 2.75) is 48.5 Å². The van der Waals surface area contributed by atoms with E-state index in [0.717, 1.165) is 23.7 Å². The second-order valence-electron chi connectivity index (χ2n) is 6.19. The van der Waals surface area contributed by atoms with Gasteiger partial charge < -0.3 is 22.3 Å². The zero-order chi connectivity index (χ0) is 12.2. The Balaban J connectivity index is -0.000000722. The maximum absolute atomic E-state index is 2.44. The number of allylic oxidation sites excluding steroid dienone is 4. The van der Waals surface area contributed by atoms with Crippen molar-refractivity contribution < 1.29 is 21.7 Å². The average molecular weight is 311 g/mol. The largest absolute Gasteiger partial charge is 3.00 e. The van der Waals surface area contributed by atoms with Gasteiger partial charge >= 0.3 is 21.7 Å². The summed E-state index contributed by atoms with van der Waals surface area (Å²) in [5, 5.41) is 0. The van der Waals surface area contributed by atoms with E-state index in [1.54, 1.807) is 22.3 Å². The van der Waals surface area contributed by atoms with E-state index in [-0.39, 0.29) is 44.0 Å². The van der Waals surface area contributed by atoms with Crippen LogP contribution in [0.15, 0.2) is 22.3 Å². The van der Waals surface area contributed by atoms with Gasteiger partial charge in [0.15, 0.2) is 0 Å². The van der Waals surface area contributed by atoms with Crippen molar-refractivity contribution in [1.82, 2.24) is 0 Å². The Labute approximate surface area is 144 Å². The molecule has 1 heteroatoms. The van der Waals surface area contributed by atoms with Gasteiger partial charge in [-0.15, -0.1) is 0 Å². The van der Waals surface area contributed by atoms with Crippen molar-refractivity contribution >= 4 is 0 Å². The summed E-state index contributed by atoms with van der Waals surface area (Å²) in [7, 11) is 0. The summed E-state index contributed by atoms with van der Waals surface area (Å²) < 4.78 is 0. The van der Waals surface area contributed by atoms with Gasteiger partial charge in [-0.3, -0.25) is 0 Å². The van der Waals surface area contributed by atoms with Crippen LogP contribution in [0, 0.1) is 51.9 Å². The minimum atomic E-state index is 0. The van der Waals surface area contributed by atoms with Gasteiger partial charge in [-0.05, 0) is 54.6 Å². The van der Waals surface area contributed by atoms with Gasteiger partial charge in [0.2, 0.25) is 0 Å². The van der Waals surface area contributed by atoms with Crippen LogP contribution in [0.1, 0.15) is 48.5 Å². The van der Waals surface area contributed by atoms with Gasteiger partial charge in [0, 0.05) is 0 Å². The van der Waals surface area contributed by atoms with Crippen molar-refractivity contribution in [3.8, 4) is 0 Å². The molecule has 2 rings (SSSR count). The van der Waals surface area contributed by atoms with E-state index in [4.69, 9.17) is 0 Å². The first kappa shape index (κ1) is 25.2. The zero-order valence-corrected chi connectivity index (χ0v) is 16.9. The van der Waals surface area contributed by atoms with Crippen LogP contribution in [0.4, 0.5) is 0 Å². The van der Waals surface area contributed by atoms with E-state index >= 15 is 0 Å². The van der Waals surface area contributed by atoms with Crippen LogP contribution in [0.2, 0.25) is 0 Å². The molecule has 5 unspecified atom stereocenters. The Bertz CT molecular complexity index is 375. The smallest absolute Gasteiger partial charge is 0.358 e. The van der Waals surface area contributed by atoms with Crippen LogP contribution < -0.4 is 0 Å². The first-order valence-corrected chi connectivity index (χ1v) is 6.79. The predicted octanol–water partition coefficient (Wildman–Crippen LogP) is 6.18. The molecule has 2 aliphatic rings. The van der Waals surface area contributed by atoms with Crippen LogP contribution in [0.5, 0.6) is 0 Å². The molecular formula is C19H35Ti. The molecule has 2 aliphatic carbocycles. The number of hydrogen-bond donors (Lipinski definition) is 0. The maximum Gasteiger partial charge on any atom is 3.00 e. The molecule has 20 heavy (non-hydrogen) atoms. The summed E-state index contributed by atoms with van der Waals surface area (Å²) in [5.41, 5.74) is 6.68. The first-order chi connectivity index (χ1) is 7.37. The fraction of sp³-hybridized carbons (Fsp3) is 0.632. The van der Waals surface area contributed by atoms with E-state index < -0.39 is 0 Å². The van der Waals surface area contributed by atoms with Gasteiger partial charge in [0.05, 0.1) is 0 Å². The minimum Gasteiger partial charge on any atom is -0.358 e. The Hall–Kier alpha value is 0.194. The molecule has 0 saturated heterocycles. The molecule has 0 aromatic rings. The summed E-state index contributed by atoms with van der Waals surface area (Å²) in [6.45, 7) is 16.8. The van der Waals surface area contributed by atoms with Gasteiger partial charge in [0.1, 0.15) is 0 Å². The average Bonchev–Trinajstić information content (AvgIpc) is 2.48. The van der Waals surface area contributed by atoms with Crippen LogP contribution in [0.3, 0.4) is 0 Å². The molecule has 0 nitrogen and oxygen atoms in total. The molecule has 0 aromatic carbocycles. The Morgan fingerprint density at radius 3 is 1.55 bits per heavy atom. The molecule has 0 N–H and O–H groups in total. The fourth-order valence-electron chi connectivity index (χ4n) is 3.92. The third-order valence-electron chi connectivity index (χ3n) is 5.78. The summed E-state index contributed by atoms with van der Waals surface area (Å²) in [6, 6.07) is 0. The topological polar surface area (TPSA) is 0 Å². The van der Waals surface area contributed by atoms with E-state index in [9.17, 15) is 0 Å². The molecule has 0 aliphatic heterocycles. The van der Waals surface area contributed by atoms with Crippen LogP contribution in [0.25, 0.3) is 0 Å². The molecule has 1 radical (unpaired) electrons.